The number of aromatic nitrogens is 1. The van der Waals surface area contributed by atoms with E-state index in [1.54, 1.807) is 48.8 Å². The topological polar surface area (TPSA) is 79.7 Å². The first-order chi connectivity index (χ1) is 17.1. The van der Waals surface area contributed by atoms with E-state index in [1.807, 2.05) is 27.7 Å². The summed E-state index contributed by atoms with van der Waals surface area (Å²) in [4.78, 5) is 31.8. The molecule has 0 aliphatic carbocycles. The predicted octanol–water partition coefficient (Wildman–Crippen LogP) is 5.54. The molecule has 1 N–H and O–H groups in total. The van der Waals surface area contributed by atoms with Gasteiger partial charge in [0.05, 0.1) is 18.2 Å². The van der Waals surface area contributed by atoms with Gasteiger partial charge in [0.2, 0.25) is 0 Å². The van der Waals surface area contributed by atoms with Crippen molar-refractivity contribution in [2.24, 2.45) is 0 Å². The fourth-order valence-electron chi connectivity index (χ4n) is 4.45. The van der Waals surface area contributed by atoms with Crippen molar-refractivity contribution < 1.29 is 23.8 Å². The fourth-order valence-corrected chi connectivity index (χ4v) is 4.45. The van der Waals surface area contributed by atoms with Gasteiger partial charge in [0.25, 0.3) is 11.7 Å². The maximum Gasteiger partial charge on any atom is 0.295 e. The van der Waals surface area contributed by atoms with E-state index in [2.05, 4.69) is 4.98 Å². The van der Waals surface area contributed by atoms with Gasteiger partial charge in [-0.1, -0.05) is 39.0 Å². The van der Waals surface area contributed by atoms with Crippen LogP contribution in [0.1, 0.15) is 56.0 Å². The molecule has 1 fully saturated rings. The monoisotopic (exact) mass is 488 g/mol. The number of amides is 1. The van der Waals surface area contributed by atoms with E-state index in [4.69, 9.17) is 4.74 Å². The number of Topliss-reactive ketones (excluding diaryl/α,β-unsaturated/α-hetero) is 1. The number of ketones is 1. The van der Waals surface area contributed by atoms with Gasteiger partial charge in [-0.3, -0.25) is 14.6 Å². The Morgan fingerprint density at radius 3 is 2.42 bits per heavy atom. The third kappa shape index (κ3) is 4.73. The number of rotatable bonds is 6. The minimum Gasteiger partial charge on any atom is -0.507 e. The summed E-state index contributed by atoms with van der Waals surface area (Å²) in [6, 6.07) is 13.5. The number of hydrogen-bond acceptors (Lipinski definition) is 5. The van der Waals surface area contributed by atoms with Crippen LogP contribution in [-0.2, 0) is 21.5 Å². The fraction of sp³-hybridized carbons (Fsp3) is 0.276. The van der Waals surface area contributed by atoms with Crippen LogP contribution in [0.15, 0.2) is 72.6 Å². The molecule has 4 rings (SSSR count). The zero-order valence-electron chi connectivity index (χ0n) is 20.8. The lowest BCUT2D eigenvalue weighted by molar-refractivity contribution is -0.140. The van der Waals surface area contributed by atoms with Gasteiger partial charge in [-0.2, -0.15) is 0 Å². The SMILES string of the molecule is CCOc1ccc(/C(O)=C2\C(=O)C(=O)N(Cc3ccncc3)C2c2ccccc2F)cc1C(C)(C)C. The first kappa shape index (κ1) is 25.1. The number of carbonyl (C=O) groups is 2. The summed E-state index contributed by atoms with van der Waals surface area (Å²) in [5.74, 6) is -1.92. The summed E-state index contributed by atoms with van der Waals surface area (Å²) in [6.07, 6.45) is 3.16. The van der Waals surface area contributed by atoms with Crippen molar-refractivity contribution in [3.05, 3.63) is 101 Å². The number of carbonyl (C=O) groups excluding carboxylic acids is 2. The van der Waals surface area contributed by atoms with Gasteiger partial charge in [0.1, 0.15) is 17.3 Å². The highest BCUT2D eigenvalue weighted by Gasteiger charge is 2.47. The lowest BCUT2D eigenvalue weighted by atomic mass is 9.84. The Morgan fingerprint density at radius 1 is 1.08 bits per heavy atom. The van der Waals surface area contributed by atoms with Crippen molar-refractivity contribution in [3.8, 4) is 5.75 Å². The molecule has 1 aliphatic heterocycles. The summed E-state index contributed by atoms with van der Waals surface area (Å²) >= 11 is 0. The number of aliphatic hydroxyl groups excluding tert-OH is 1. The number of benzene rings is 2. The lowest BCUT2D eigenvalue weighted by Gasteiger charge is -2.26. The van der Waals surface area contributed by atoms with Crippen molar-refractivity contribution in [1.82, 2.24) is 9.88 Å². The summed E-state index contributed by atoms with van der Waals surface area (Å²) in [5.41, 5.74) is 1.58. The predicted molar refractivity (Wildman–Crippen MR) is 135 cm³/mol. The summed E-state index contributed by atoms with van der Waals surface area (Å²) < 4.78 is 20.8. The van der Waals surface area contributed by atoms with Crippen molar-refractivity contribution in [2.45, 2.75) is 45.7 Å². The number of hydrogen-bond donors (Lipinski definition) is 1. The van der Waals surface area contributed by atoms with E-state index >= 15 is 4.39 Å². The van der Waals surface area contributed by atoms with Crippen molar-refractivity contribution in [3.63, 3.8) is 0 Å². The molecule has 1 unspecified atom stereocenters. The van der Waals surface area contributed by atoms with Crippen molar-refractivity contribution >= 4 is 17.4 Å². The van der Waals surface area contributed by atoms with Gasteiger partial charge < -0.3 is 14.7 Å². The second-order valence-corrected chi connectivity index (χ2v) is 9.70. The van der Waals surface area contributed by atoms with Crippen molar-refractivity contribution in [1.29, 1.82) is 0 Å². The Labute approximate surface area is 210 Å². The second-order valence-electron chi connectivity index (χ2n) is 9.70. The number of aliphatic hydroxyl groups is 1. The van der Waals surface area contributed by atoms with Crippen LogP contribution in [0.4, 0.5) is 4.39 Å². The number of nitrogens with zero attached hydrogens (tertiary/aromatic N) is 2. The molecule has 1 aromatic heterocycles. The van der Waals surface area contributed by atoms with Gasteiger partial charge in [-0.25, -0.2) is 4.39 Å². The molecule has 2 heterocycles. The third-order valence-electron chi connectivity index (χ3n) is 6.20. The summed E-state index contributed by atoms with van der Waals surface area (Å²) in [7, 11) is 0. The molecule has 1 atom stereocenters. The Morgan fingerprint density at radius 2 is 1.78 bits per heavy atom. The molecule has 1 amide bonds. The summed E-state index contributed by atoms with van der Waals surface area (Å²) in [5, 5.41) is 11.4. The minimum absolute atomic E-state index is 0.0550. The molecule has 0 radical (unpaired) electrons. The highest BCUT2D eigenvalue weighted by Crippen LogP contribution is 2.42. The molecule has 7 heteroatoms. The van der Waals surface area contributed by atoms with E-state index in [-0.39, 0.29) is 28.9 Å². The van der Waals surface area contributed by atoms with Gasteiger partial charge in [-0.15, -0.1) is 0 Å². The molecule has 1 aliphatic rings. The van der Waals surface area contributed by atoms with Gasteiger partial charge in [-0.05, 0) is 54.3 Å². The van der Waals surface area contributed by atoms with Gasteiger partial charge in [0.15, 0.2) is 0 Å². The van der Waals surface area contributed by atoms with E-state index in [0.717, 1.165) is 11.1 Å². The van der Waals surface area contributed by atoms with Gasteiger partial charge >= 0.3 is 0 Å². The van der Waals surface area contributed by atoms with E-state index < -0.39 is 23.5 Å². The maximum atomic E-state index is 15.0. The maximum absolute atomic E-state index is 15.0. The van der Waals surface area contributed by atoms with Gasteiger partial charge in [0, 0.05) is 35.6 Å². The molecular weight excluding hydrogens is 459 g/mol. The van der Waals surface area contributed by atoms with E-state index in [1.165, 1.54) is 23.1 Å². The first-order valence-electron chi connectivity index (χ1n) is 11.8. The van der Waals surface area contributed by atoms with Crippen LogP contribution in [0.25, 0.3) is 5.76 Å². The van der Waals surface area contributed by atoms with Crippen LogP contribution >= 0.6 is 0 Å². The quantitative estimate of drug-likeness (QED) is 0.280. The normalized spacial score (nSPS) is 17.5. The Hall–Kier alpha value is -4.00. The van der Waals surface area contributed by atoms with E-state index in [9.17, 15) is 14.7 Å². The largest absolute Gasteiger partial charge is 0.507 e. The van der Waals surface area contributed by atoms with Crippen LogP contribution < -0.4 is 4.74 Å². The number of halogens is 1. The molecule has 0 spiro atoms. The second kappa shape index (κ2) is 9.93. The van der Waals surface area contributed by atoms with Crippen molar-refractivity contribution in [2.75, 3.05) is 6.61 Å². The number of ether oxygens (including phenoxy) is 1. The zero-order valence-corrected chi connectivity index (χ0v) is 20.8. The number of pyridine rings is 1. The van der Waals surface area contributed by atoms with Crippen LogP contribution in [0.2, 0.25) is 0 Å². The third-order valence-corrected chi connectivity index (χ3v) is 6.20. The van der Waals surface area contributed by atoms with Crippen LogP contribution in [0, 0.1) is 5.82 Å². The highest BCUT2D eigenvalue weighted by molar-refractivity contribution is 6.46. The molecule has 1 saturated heterocycles. The molecule has 0 bridgehead atoms. The average Bonchev–Trinajstić information content (AvgIpc) is 3.09. The smallest absolute Gasteiger partial charge is 0.295 e. The lowest BCUT2D eigenvalue weighted by Crippen LogP contribution is -2.29. The standard InChI is InChI=1S/C29H29FN2O4/c1-5-36-23-11-10-19(16-21(23)29(2,3)4)26(33)24-25(20-8-6-7-9-22(20)30)32(28(35)27(24)34)17-18-12-14-31-15-13-18/h6-16,25,33H,5,17H2,1-4H3/b26-24+. The minimum atomic E-state index is -1.09. The number of likely N-dealkylation sites (tertiary alicyclic amines) is 1. The van der Waals surface area contributed by atoms with Crippen LogP contribution in [0.5, 0.6) is 5.75 Å². The molecule has 0 saturated carbocycles. The Balaban J connectivity index is 1.90. The molecular formula is C29H29FN2O4. The molecule has 186 valence electrons. The first-order valence-corrected chi connectivity index (χ1v) is 11.8. The molecule has 6 nitrogen and oxygen atoms in total. The Bertz CT molecular complexity index is 1330. The highest BCUT2D eigenvalue weighted by atomic mass is 19.1. The van der Waals surface area contributed by atoms with E-state index in [0.29, 0.717) is 17.9 Å². The molecule has 36 heavy (non-hydrogen) atoms. The Kier molecular flexibility index (Phi) is 6.93. The van der Waals surface area contributed by atoms with Crippen LogP contribution in [0.3, 0.4) is 0 Å². The van der Waals surface area contributed by atoms with Crippen LogP contribution in [-0.4, -0.2) is 33.3 Å². The molecule has 2 aromatic carbocycles. The summed E-state index contributed by atoms with van der Waals surface area (Å²) in [6.45, 7) is 8.46. The zero-order chi connectivity index (χ0) is 26.0. The average molecular weight is 489 g/mol. The molecule has 3 aromatic rings.